The van der Waals surface area contributed by atoms with Gasteiger partial charge in [-0.25, -0.2) is 14.4 Å². The molecule has 4 aromatic rings. The van der Waals surface area contributed by atoms with Crippen molar-refractivity contribution in [3.05, 3.63) is 130 Å². The molecular weight excluding hydrogens is 607 g/mol. The maximum Gasteiger partial charge on any atom is 0.338 e. The second kappa shape index (κ2) is 14.3. The van der Waals surface area contributed by atoms with Gasteiger partial charge in [0.05, 0.1) is 48.1 Å². The zero-order valence-corrected chi connectivity index (χ0v) is 26.3. The SMILES string of the molecule is COC(=O)c1ccccc1C(P)(c1ccccc1C(=O)OC)c1ccccc1C(=O)OC.Cc1ccc(S(=O)(=O)O)cc1O. The van der Waals surface area contributed by atoms with Crippen LogP contribution in [-0.4, -0.2) is 57.3 Å². The average molecular weight is 639 g/mol. The van der Waals surface area contributed by atoms with Crippen molar-refractivity contribution in [2.24, 2.45) is 0 Å². The Labute approximate surface area is 257 Å². The Kier molecular flexibility index (Phi) is 11.0. The molecule has 4 aromatic carbocycles. The number of methoxy groups -OCH3 is 3. The van der Waals surface area contributed by atoms with Gasteiger partial charge in [0, 0.05) is 6.07 Å². The second-order valence-corrected chi connectivity index (χ2v) is 11.6. The van der Waals surface area contributed by atoms with Crippen LogP contribution in [0.4, 0.5) is 0 Å². The number of esters is 3. The standard InChI is InChI=1S/C25H23O6P.C7H8O4S/c1-29-22(26)16-10-4-7-13-19(16)25(32,20-14-8-5-11-17(20)23(27)30-2)21-15-9-6-12-18(21)24(28)31-3;1-5-2-3-6(4-7(5)8)12(9,10)11/h4-15H,32H2,1-3H3;2-4,8H,1H3,(H,9,10,11). The third-order valence-electron chi connectivity index (χ3n) is 6.75. The average Bonchev–Trinajstić information content (AvgIpc) is 3.04. The molecule has 0 aliphatic rings. The molecule has 0 saturated heterocycles. The molecular formula is C32H31O10PS. The Bertz CT molecular complexity index is 1660. The molecule has 0 amide bonds. The van der Waals surface area contributed by atoms with E-state index in [-0.39, 0.29) is 10.6 Å². The minimum absolute atomic E-state index is 0.148. The van der Waals surface area contributed by atoms with Gasteiger partial charge in [-0.15, -0.1) is 9.24 Å². The quantitative estimate of drug-likeness (QED) is 0.0912. The molecule has 0 aliphatic carbocycles. The largest absolute Gasteiger partial charge is 0.508 e. The fourth-order valence-corrected chi connectivity index (χ4v) is 5.79. The van der Waals surface area contributed by atoms with Crippen molar-refractivity contribution in [1.29, 1.82) is 0 Å². The first-order chi connectivity index (χ1) is 20.8. The molecule has 0 aliphatic heterocycles. The maximum atomic E-state index is 12.7. The van der Waals surface area contributed by atoms with Crippen LogP contribution >= 0.6 is 9.24 Å². The third kappa shape index (κ3) is 7.14. The molecule has 0 heterocycles. The fraction of sp³-hybridized carbons (Fsp3) is 0.156. The number of ether oxygens (including phenoxy) is 3. The van der Waals surface area contributed by atoms with Gasteiger partial charge in [-0.05, 0) is 53.4 Å². The van der Waals surface area contributed by atoms with Crippen LogP contribution in [0.25, 0.3) is 0 Å². The molecule has 0 fully saturated rings. The predicted octanol–water partition coefficient (Wildman–Crippen LogP) is 5.16. The van der Waals surface area contributed by atoms with Crippen molar-refractivity contribution in [3.63, 3.8) is 0 Å². The number of aromatic hydroxyl groups is 1. The summed E-state index contributed by atoms with van der Waals surface area (Å²) >= 11 is 0. The first kappa shape index (κ1) is 33.9. The summed E-state index contributed by atoms with van der Waals surface area (Å²) < 4.78 is 44.7. The number of phenols is 1. The Morgan fingerprint density at radius 3 is 1.30 bits per heavy atom. The monoisotopic (exact) mass is 638 g/mol. The maximum absolute atomic E-state index is 12.7. The molecule has 0 spiro atoms. The normalized spacial score (nSPS) is 11.0. The highest BCUT2D eigenvalue weighted by Gasteiger charge is 2.40. The van der Waals surface area contributed by atoms with Gasteiger partial charge >= 0.3 is 17.9 Å². The molecule has 0 aromatic heterocycles. The van der Waals surface area contributed by atoms with E-state index >= 15 is 0 Å². The van der Waals surface area contributed by atoms with E-state index in [1.807, 2.05) is 0 Å². The Morgan fingerprint density at radius 2 is 1.00 bits per heavy atom. The summed E-state index contributed by atoms with van der Waals surface area (Å²) in [6.07, 6.45) is 0. The first-order valence-electron chi connectivity index (χ1n) is 12.9. The summed E-state index contributed by atoms with van der Waals surface area (Å²) in [5, 5.41) is 7.89. The zero-order chi connectivity index (χ0) is 32.7. The fourth-order valence-electron chi connectivity index (χ4n) is 4.53. The van der Waals surface area contributed by atoms with Gasteiger partial charge in [-0.3, -0.25) is 4.55 Å². The molecule has 4 rings (SSSR count). The van der Waals surface area contributed by atoms with Crippen LogP contribution in [0.1, 0.15) is 53.3 Å². The lowest BCUT2D eigenvalue weighted by molar-refractivity contribution is 0.0592. The molecule has 0 radical (unpaired) electrons. The number of hydrogen-bond acceptors (Lipinski definition) is 9. The predicted molar refractivity (Wildman–Crippen MR) is 166 cm³/mol. The van der Waals surface area contributed by atoms with E-state index in [9.17, 15) is 22.8 Å². The van der Waals surface area contributed by atoms with Crippen LogP contribution < -0.4 is 0 Å². The lowest BCUT2D eigenvalue weighted by Crippen LogP contribution is -2.29. The smallest absolute Gasteiger partial charge is 0.338 e. The third-order valence-corrected chi connectivity index (χ3v) is 8.53. The van der Waals surface area contributed by atoms with Crippen LogP contribution in [0.3, 0.4) is 0 Å². The summed E-state index contributed by atoms with van der Waals surface area (Å²) in [4.78, 5) is 37.7. The van der Waals surface area contributed by atoms with E-state index in [1.54, 1.807) is 79.7 Å². The van der Waals surface area contributed by atoms with Crippen LogP contribution in [0, 0.1) is 6.92 Å². The molecule has 10 nitrogen and oxygen atoms in total. The second-order valence-electron chi connectivity index (χ2n) is 9.34. The molecule has 44 heavy (non-hydrogen) atoms. The Balaban J connectivity index is 0.000000369. The highest BCUT2D eigenvalue weighted by atomic mass is 32.2. The van der Waals surface area contributed by atoms with Crippen molar-refractivity contribution in [2.45, 2.75) is 17.0 Å². The van der Waals surface area contributed by atoms with E-state index < -0.39 is 33.2 Å². The number of aryl methyl sites for hydroxylation is 1. The highest BCUT2D eigenvalue weighted by Crippen LogP contribution is 2.49. The summed E-state index contributed by atoms with van der Waals surface area (Å²) in [5.41, 5.74) is 3.04. The number of benzene rings is 4. The van der Waals surface area contributed by atoms with Gasteiger partial charge in [-0.1, -0.05) is 60.7 Å². The number of carbonyl (C=O) groups excluding carboxylic acids is 3. The minimum atomic E-state index is -4.20. The number of phenolic OH excluding ortho intramolecular Hbond substituents is 1. The van der Waals surface area contributed by atoms with Gasteiger partial charge in [-0.2, -0.15) is 8.42 Å². The topological polar surface area (TPSA) is 154 Å². The van der Waals surface area contributed by atoms with Crippen molar-refractivity contribution < 1.29 is 46.7 Å². The lowest BCUT2D eigenvalue weighted by atomic mass is 9.78. The van der Waals surface area contributed by atoms with E-state index in [4.69, 9.17) is 23.9 Å². The zero-order valence-electron chi connectivity index (χ0n) is 24.3. The first-order valence-corrected chi connectivity index (χ1v) is 14.9. The molecule has 2 N–H and O–H groups in total. The lowest BCUT2D eigenvalue weighted by Gasteiger charge is -2.35. The molecule has 1 unspecified atom stereocenters. The van der Waals surface area contributed by atoms with Gasteiger partial charge in [0.25, 0.3) is 10.1 Å². The van der Waals surface area contributed by atoms with E-state index in [0.717, 1.165) is 6.07 Å². The molecule has 0 bridgehead atoms. The van der Waals surface area contributed by atoms with Crippen LogP contribution in [0.5, 0.6) is 5.75 Å². The van der Waals surface area contributed by atoms with Gasteiger partial charge in [0.15, 0.2) is 0 Å². The van der Waals surface area contributed by atoms with Gasteiger partial charge in [0.2, 0.25) is 0 Å². The Hall–Kier alpha value is -4.57. The van der Waals surface area contributed by atoms with Crippen LogP contribution in [0.15, 0.2) is 95.9 Å². The molecule has 12 heteroatoms. The van der Waals surface area contributed by atoms with E-state index in [0.29, 0.717) is 38.9 Å². The number of hydrogen-bond donors (Lipinski definition) is 2. The summed E-state index contributed by atoms with van der Waals surface area (Å²) in [7, 11) is 2.43. The minimum Gasteiger partial charge on any atom is -0.508 e. The summed E-state index contributed by atoms with van der Waals surface area (Å²) in [6.45, 7) is 1.63. The van der Waals surface area contributed by atoms with Gasteiger partial charge < -0.3 is 19.3 Å². The van der Waals surface area contributed by atoms with Crippen LogP contribution in [0.2, 0.25) is 0 Å². The van der Waals surface area contributed by atoms with Gasteiger partial charge in [0.1, 0.15) is 5.75 Å². The van der Waals surface area contributed by atoms with E-state index in [2.05, 4.69) is 9.24 Å². The summed E-state index contributed by atoms with van der Waals surface area (Å²) in [6, 6.07) is 24.4. The van der Waals surface area contributed by atoms with E-state index in [1.165, 1.54) is 33.5 Å². The number of carbonyl (C=O) groups is 3. The van der Waals surface area contributed by atoms with Crippen molar-refractivity contribution >= 4 is 37.3 Å². The summed E-state index contributed by atoms with van der Waals surface area (Å²) in [5.74, 6) is -1.78. The van der Waals surface area contributed by atoms with Crippen molar-refractivity contribution in [3.8, 4) is 5.75 Å². The molecule has 0 saturated carbocycles. The Morgan fingerprint density at radius 1 is 0.659 bits per heavy atom. The van der Waals surface area contributed by atoms with Crippen molar-refractivity contribution in [2.75, 3.05) is 21.3 Å². The van der Waals surface area contributed by atoms with Crippen LogP contribution in [-0.2, 0) is 29.5 Å². The molecule has 230 valence electrons. The number of rotatable bonds is 7. The van der Waals surface area contributed by atoms with Crippen molar-refractivity contribution in [1.82, 2.24) is 0 Å². The highest BCUT2D eigenvalue weighted by molar-refractivity contribution is 7.85. The molecule has 1 atom stereocenters.